The molecule has 0 aliphatic heterocycles. The summed E-state index contributed by atoms with van der Waals surface area (Å²) < 4.78 is 10.8. The molecule has 0 fully saturated rings. The quantitative estimate of drug-likeness (QED) is 0.562. The molecule has 0 spiro atoms. The maximum Gasteiger partial charge on any atom is 0.127 e. The van der Waals surface area contributed by atoms with Crippen LogP contribution in [-0.2, 0) is 13.0 Å². The second-order valence-electron chi connectivity index (χ2n) is 5.70. The average Bonchev–Trinajstić information content (AvgIpc) is 3.14. The molecule has 6 heteroatoms. The zero-order chi connectivity index (χ0) is 18.4. The molecule has 0 amide bonds. The molecule has 26 heavy (non-hydrogen) atoms. The lowest BCUT2D eigenvalue weighted by Crippen LogP contribution is -2.16. The molecular formula is C20H21ClN2O2S. The molecule has 1 aromatic heterocycles. The highest BCUT2D eigenvalue weighted by molar-refractivity contribution is 7.15. The highest BCUT2D eigenvalue weighted by Gasteiger charge is 2.11. The SMILES string of the molecule is COc1ccc(OC)c(-c2cnc(CNCCc3ccccc3Cl)s2)c1. The Morgan fingerprint density at radius 3 is 2.73 bits per heavy atom. The van der Waals surface area contributed by atoms with E-state index in [0.717, 1.165) is 57.0 Å². The first kappa shape index (κ1) is 18.7. The monoisotopic (exact) mass is 388 g/mol. The molecule has 0 atom stereocenters. The Morgan fingerprint density at radius 1 is 1.12 bits per heavy atom. The number of aromatic nitrogens is 1. The van der Waals surface area contributed by atoms with Gasteiger partial charge in [0.2, 0.25) is 0 Å². The molecule has 0 radical (unpaired) electrons. The van der Waals surface area contributed by atoms with Gasteiger partial charge in [-0.15, -0.1) is 11.3 Å². The molecule has 0 bridgehead atoms. The van der Waals surface area contributed by atoms with E-state index in [2.05, 4.69) is 16.4 Å². The van der Waals surface area contributed by atoms with Crippen LogP contribution in [0.15, 0.2) is 48.7 Å². The van der Waals surface area contributed by atoms with Gasteiger partial charge in [0.05, 0.1) is 19.1 Å². The van der Waals surface area contributed by atoms with E-state index in [1.807, 2.05) is 42.6 Å². The lowest BCUT2D eigenvalue weighted by Gasteiger charge is -2.08. The summed E-state index contributed by atoms with van der Waals surface area (Å²) in [6, 6.07) is 13.7. The molecule has 4 nitrogen and oxygen atoms in total. The van der Waals surface area contributed by atoms with Crippen molar-refractivity contribution >= 4 is 22.9 Å². The topological polar surface area (TPSA) is 43.4 Å². The van der Waals surface area contributed by atoms with Gasteiger partial charge < -0.3 is 14.8 Å². The third kappa shape index (κ3) is 4.55. The van der Waals surface area contributed by atoms with Crippen molar-refractivity contribution in [3.8, 4) is 21.9 Å². The zero-order valence-corrected chi connectivity index (χ0v) is 16.4. The summed E-state index contributed by atoms with van der Waals surface area (Å²) in [5, 5.41) is 5.27. The second kappa shape index (κ2) is 9.03. The normalized spacial score (nSPS) is 10.7. The van der Waals surface area contributed by atoms with E-state index in [4.69, 9.17) is 21.1 Å². The van der Waals surface area contributed by atoms with Crippen molar-refractivity contribution < 1.29 is 9.47 Å². The van der Waals surface area contributed by atoms with E-state index < -0.39 is 0 Å². The van der Waals surface area contributed by atoms with Crippen LogP contribution in [0.1, 0.15) is 10.6 Å². The van der Waals surface area contributed by atoms with Crippen molar-refractivity contribution in [2.24, 2.45) is 0 Å². The van der Waals surface area contributed by atoms with Gasteiger partial charge in [-0.1, -0.05) is 29.8 Å². The minimum atomic E-state index is 0.724. The van der Waals surface area contributed by atoms with Crippen LogP contribution in [0.5, 0.6) is 11.5 Å². The van der Waals surface area contributed by atoms with Crippen LogP contribution in [0.3, 0.4) is 0 Å². The number of nitrogens with zero attached hydrogens (tertiary/aromatic N) is 1. The van der Waals surface area contributed by atoms with E-state index in [-0.39, 0.29) is 0 Å². The molecule has 0 aliphatic rings. The van der Waals surface area contributed by atoms with Crippen LogP contribution in [-0.4, -0.2) is 25.7 Å². The number of nitrogens with one attached hydrogen (secondary N) is 1. The van der Waals surface area contributed by atoms with Gasteiger partial charge in [-0.25, -0.2) is 4.98 Å². The zero-order valence-electron chi connectivity index (χ0n) is 14.8. The number of methoxy groups -OCH3 is 2. The van der Waals surface area contributed by atoms with Gasteiger partial charge in [-0.2, -0.15) is 0 Å². The standard InChI is InChI=1S/C20H21ClN2O2S/c1-24-15-7-8-18(25-2)16(11-15)19-12-23-20(26-19)13-22-10-9-14-5-3-4-6-17(14)21/h3-8,11-12,22H,9-10,13H2,1-2H3. The van der Waals surface area contributed by atoms with Crippen molar-refractivity contribution in [1.29, 1.82) is 0 Å². The van der Waals surface area contributed by atoms with E-state index >= 15 is 0 Å². The highest BCUT2D eigenvalue weighted by Crippen LogP contribution is 2.36. The van der Waals surface area contributed by atoms with Gasteiger partial charge in [-0.05, 0) is 42.8 Å². The van der Waals surface area contributed by atoms with Crippen molar-refractivity contribution in [1.82, 2.24) is 10.3 Å². The highest BCUT2D eigenvalue weighted by atomic mass is 35.5. The number of rotatable bonds is 8. The first-order valence-corrected chi connectivity index (χ1v) is 9.52. The van der Waals surface area contributed by atoms with Gasteiger partial charge in [0.25, 0.3) is 0 Å². The van der Waals surface area contributed by atoms with E-state index in [1.54, 1.807) is 25.6 Å². The molecular weight excluding hydrogens is 368 g/mol. The van der Waals surface area contributed by atoms with Crippen LogP contribution in [0.4, 0.5) is 0 Å². The van der Waals surface area contributed by atoms with Crippen molar-refractivity contribution in [2.45, 2.75) is 13.0 Å². The number of thiazole rings is 1. The van der Waals surface area contributed by atoms with Gasteiger partial charge >= 0.3 is 0 Å². The number of halogens is 1. The summed E-state index contributed by atoms with van der Waals surface area (Å²) in [6.07, 6.45) is 2.77. The lowest BCUT2D eigenvalue weighted by molar-refractivity contribution is 0.404. The molecule has 1 N–H and O–H groups in total. The maximum atomic E-state index is 6.18. The predicted octanol–water partition coefficient (Wildman–Crippen LogP) is 4.81. The molecule has 0 unspecified atom stereocenters. The van der Waals surface area contributed by atoms with Gasteiger partial charge in [0, 0.05) is 23.3 Å². The predicted molar refractivity (Wildman–Crippen MR) is 108 cm³/mol. The Hall–Kier alpha value is -2.08. The summed E-state index contributed by atoms with van der Waals surface area (Å²) in [6.45, 7) is 1.57. The molecule has 0 saturated heterocycles. The minimum Gasteiger partial charge on any atom is -0.497 e. The fourth-order valence-electron chi connectivity index (χ4n) is 2.64. The van der Waals surface area contributed by atoms with Crippen LogP contribution < -0.4 is 14.8 Å². The Morgan fingerprint density at radius 2 is 1.96 bits per heavy atom. The van der Waals surface area contributed by atoms with E-state index in [1.165, 1.54) is 0 Å². The van der Waals surface area contributed by atoms with Crippen LogP contribution in [0.25, 0.3) is 10.4 Å². The molecule has 2 aromatic carbocycles. The Labute approximate surface area is 162 Å². The lowest BCUT2D eigenvalue weighted by atomic mass is 10.1. The molecule has 0 aliphatic carbocycles. The second-order valence-corrected chi connectivity index (χ2v) is 7.23. The Balaban J connectivity index is 1.61. The summed E-state index contributed by atoms with van der Waals surface area (Å²) in [7, 11) is 3.33. The van der Waals surface area contributed by atoms with Crippen LogP contribution in [0, 0.1) is 0 Å². The molecule has 3 aromatic rings. The van der Waals surface area contributed by atoms with E-state index in [0.29, 0.717) is 0 Å². The van der Waals surface area contributed by atoms with Crippen molar-refractivity contribution in [3.63, 3.8) is 0 Å². The fraction of sp³-hybridized carbons (Fsp3) is 0.250. The minimum absolute atomic E-state index is 0.724. The van der Waals surface area contributed by atoms with Crippen molar-refractivity contribution in [2.75, 3.05) is 20.8 Å². The number of ether oxygens (including phenoxy) is 2. The molecule has 0 saturated carbocycles. The maximum absolute atomic E-state index is 6.18. The van der Waals surface area contributed by atoms with Crippen LogP contribution >= 0.6 is 22.9 Å². The smallest absolute Gasteiger partial charge is 0.127 e. The van der Waals surface area contributed by atoms with Crippen LogP contribution in [0.2, 0.25) is 5.02 Å². The molecule has 136 valence electrons. The fourth-order valence-corrected chi connectivity index (χ4v) is 3.78. The van der Waals surface area contributed by atoms with Gasteiger partial charge in [-0.3, -0.25) is 0 Å². The largest absolute Gasteiger partial charge is 0.497 e. The Kier molecular flexibility index (Phi) is 6.50. The third-order valence-electron chi connectivity index (χ3n) is 4.03. The van der Waals surface area contributed by atoms with Gasteiger partial charge in [0.1, 0.15) is 16.5 Å². The summed E-state index contributed by atoms with van der Waals surface area (Å²) >= 11 is 7.83. The molecule has 1 heterocycles. The summed E-state index contributed by atoms with van der Waals surface area (Å²) in [5.41, 5.74) is 2.15. The number of hydrogen-bond acceptors (Lipinski definition) is 5. The first-order valence-electron chi connectivity index (χ1n) is 8.32. The number of benzene rings is 2. The van der Waals surface area contributed by atoms with Gasteiger partial charge in [0.15, 0.2) is 0 Å². The average molecular weight is 389 g/mol. The Bertz CT molecular complexity index is 867. The van der Waals surface area contributed by atoms with E-state index in [9.17, 15) is 0 Å². The first-order chi connectivity index (χ1) is 12.7. The number of hydrogen-bond donors (Lipinski definition) is 1. The summed E-state index contributed by atoms with van der Waals surface area (Å²) in [4.78, 5) is 5.58. The third-order valence-corrected chi connectivity index (χ3v) is 5.43. The molecule has 3 rings (SSSR count). The van der Waals surface area contributed by atoms with Crippen molar-refractivity contribution in [3.05, 3.63) is 64.3 Å². The summed E-state index contributed by atoms with van der Waals surface area (Å²) in [5.74, 6) is 1.61.